The molecule has 0 aliphatic heterocycles. The molecule has 5 N–H and O–H groups in total. The van der Waals surface area contributed by atoms with Crippen LogP contribution in [0.5, 0.6) is 5.75 Å². The monoisotopic (exact) mass is 603 g/mol. The first-order valence-corrected chi connectivity index (χ1v) is 11.9. The highest BCUT2D eigenvalue weighted by atomic mass is 79.9. The zero-order valence-corrected chi connectivity index (χ0v) is 21.7. The third kappa shape index (κ3) is 7.32. The molecule has 35 heavy (non-hydrogen) atoms. The number of benzene rings is 3. The number of nitrogens with two attached hydrogens (primary N) is 1. The minimum absolute atomic E-state index is 0.136. The van der Waals surface area contributed by atoms with E-state index in [1.807, 2.05) is 6.07 Å². The van der Waals surface area contributed by atoms with Crippen molar-refractivity contribution in [3.05, 3.63) is 93.4 Å². The number of phenols is 1. The molecule has 0 aromatic heterocycles. The van der Waals surface area contributed by atoms with Gasteiger partial charge < -0.3 is 25.6 Å². The SMILES string of the molecule is CO[C@@H](/C=C/C(=O)Nc1ccccc1N)[C@@H](OC(=O)Nc1ccccc1)c1cc(Br)cc(Br)c1O. The van der Waals surface area contributed by atoms with Gasteiger partial charge in [0.1, 0.15) is 11.9 Å². The van der Waals surface area contributed by atoms with Crippen molar-refractivity contribution >= 4 is 60.9 Å². The lowest BCUT2D eigenvalue weighted by Crippen LogP contribution is -2.27. The Morgan fingerprint density at radius 1 is 1.03 bits per heavy atom. The van der Waals surface area contributed by atoms with E-state index < -0.39 is 24.2 Å². The summed E-state index contributed by atoms with van der Waals surface area (Å²) in [6.07, 6.45) is -0.126. The Hall–Kier alpha value is -3.34. The highest BCUT2D eigenvalue weighted by Gasteiger charge is 2.29. The lowest BCUT2D eigenvalue weighted by molar-refractivity contribution is -0.112. The van der Waals surface area contributed by atoms with Crippen LogP contribution in [0.2, 0.25) is 0 Å². The second-order valence-corrected chi connectivity index (χ2v) is 9.05. The number of nitrogen functional groups attached to an aromatic ring is 1. The molecule has 0 bridgehead atoms. The number of ether oxygens (including phenoxy) is 2. The predicted molar refractivity (Wildman–Crippen MR) is 142 cm³/mol. The summed E-state index contributed by atoms with van der Waals surface area (Å²) in [4.78, 5) is 25.2. The van der Waals surface area contributed by atoms with Crippen molar-refractivity contribution in [2.24, 2.45) is 0 Å². The summed E-state index contributed by atoms with van der Waals surface area (Å²) in [7, 11) is 1.40. The molecule has 2 atom stereocenters. The zero-order valence-electron chi connectivity index (χ0n) is 18.6. The van der Waals surface area contributed by atoms with Gasteiger partial charge in [-0.1, -0.05) is 46.3 Å². The normalized spacial score (nSPS) is 12.7. The fourth-order valence-electron chi connectivity index (χ4n) is 3.16. The Kier molecular flexibility index (Phi) is 9.30. The number of rotatable bonds is 8. The molecule has 0 saturated heterocycles. The van der Waals surface area contributed by atoms with E-state index in [0.29, 0.717) is 26.0 Å². The van der Waals surface area contributed by atoms with Crippen LogP contribution in [0.4, 0.5) is 21.9 Å². The molecule has 0 aliphatic rings. The maximum absolute atomic E-state index is 12.7. The molecular weight excluding hydrogens is 582 g/mol. The minimum Gasteiger partial charge on any atom is -0.506 e. The molecule has 0 fully saturated rings. The molecule has 182 valence electrons. The Morgan fingerprint density at radius 2 is 1.71 bits per heavy atom. The van der Waals surface area contributed by atoms with E-state index in [9.17, 15) is 14.7 Å². The average molecular weight is 605 g/mol. The van der Waals surface area contributed by atoms with Gasteiger partial charge in [0.2, 0.25) is 5.91 Å². The lowest BCUT2D eigenvalue weighted by Gasteiger charge is -2.25. The molecule has 8 nitrogen and oxygen atoms in total. The summed E-state index contributed by atoms with van der Waals surface area (Å²) in [6, 6.07) is 18.9. The van der Waals surface area contributed by atoms with Gasteiger partial charge in [-0.3, -0.25) is 10.1 Å². The molecule has 0 heterocycles. The molecule has 0 radical (unpaired) electrons. The van der Waals surface area contributed by atoms with Crippen molar-refractivity contribution in [1.82, 2.24) is 0 Å². The van der Waals surface area contributed by atoms with Gasteiger partial charge in [0, 0.05) is 28.9 Å². The summed E-state index contributed by atoms with van der Waals surface area (Å²) in [6.45, 7) is 0. The number of carbonyl (C=O) groups excluding carboxylic acids is 2. The number of carbonyl (C=O) groups is 2. The standard InChI is InChI=1S/C25H23Br2N3O5/c1-34-21(11-12-22(31)30-20-10-6-5-9-19(20)28)24(17-13-15(26)14-18(27)23(17)32)35-25(33)29-16-7-3-2-4-8-16/h2-14,21,24,32H,28H2,1H3,(H,29,33)(H,30,31)/b12-11+/t21-,24-/m0/s1. The maximum Gasteiger partial charge on any atom is 0.412 e. The van der Waals surface area contributed by atoms with Gasteiger partial charge in [0.25, 0.3) is 0 Å². The Balaban J connectivity index is 1.87. The van der Waals surface area contributed by atoms with Crippen LogP contribution in [0, 0.1) is 0 Å². The number of amides is 2. The Bertz CT molecular complexity index is 1220. The van der Waals surface area contributed by atoms with E-state index in [-0.39, 0.29) is 11.3 Å². The molecule has 0 unspecified atom stereocenters. The maximum atomic E-state index is 12.7. The molecule has 3 aromatic carbocycles. The van der Waals surface area contributed by atoms with Gasteiger partial charge in [0.05, 0.1) is 15.8 Å². The molecule has 3 aromatic rings. The van der Waals surface area contributed by atoms with Crippen LogP contribution in [-0.2, 0) is 14.3 Å². The number of halogens is 2. The first-order chi connectivity index (χ1) is 16.8. The van der Waals surface area contributed by atoms with E-state index in [1.54, 1.807) is 60.7 Å². The second kappa shape index (κ2) is 12.4. The molecule has 0 saturated carbocycles. The molecule has 3 rings (SSSR count). The van der Waals surface area contributed by atoms with E-state index in [2.05, 4.69) is 42.5 Å². The van der Waals surface area contributed by atoms with Crippen LogP contribution in [0.1, 0.15) is 11.7 Å². The van der Waals surface area contributed by atoms with E-state index in [0.717, 1.165) is 0 Å². The number of para-hydroxylation sites is 3. The van der Waals surface area contributed by atoms with Crippen LogP contribution in [0.15, 0.2) is 87.8 Å². The summed E-state index contributed by atoms with van der Waals surface area (Å²) in [5.74, 6) is -0.597. The number of phenolic OH excluding ortho intramolecular Hbond substituents is 1. The topological polar surface area (TPSA) is 123 Å². The average Bonchev–Trinajstić information content (AvgIpc) is 2.83. The number of anilines is 3. The number of hydrogen-bond acceptors (Lipinski definition) is 6. The highest BCUT2D eigenvalue weighted by molar-refractivity contribution is 9.11. The van der Waals surface area contributed by atoms with Gasteiger partial charge in [-0.05, 0) is 58.4 Å². The fourth-order valence-corrected chi connectivity index (χ4v) is 4.42. The van der Waals surface area contributed by atoms with Crippen LogP contribution in [-0.4, -0.2) is 30.3 Å². The van der Waals surface area contributed by atoms with E-state index in [4.69, 9.17) is 15.2 Å². The number of methoxy groups -OCH3 is 1. The summed E-state index contributed by atoms with van der Waals surface area (Å²) < 4.78 is 12.2. The van der Waals surface area contributed by atoms with Gasteiger partial charge in [0.15, 0.2) is 6.10 Å². The molecule has 0 aliphatic carbocycles. The number of aromatic hydroxyl groups is 1. The second-order valence-electron chi connectivity index (χ2n) is 7.28. The number of nitrogens with one attached hydrogen (secondary N) is 2. The van der Waals surface area contributed by atoms with Gasteiger partial charge in [-0.2, -0.15) is 0 Å². The molecule has 0 spiro atoms. The Morgan fingerprint density at radius 3 is 2.40 bits per heavy atom. The van der Waals surface area contributed by atoms with E-state index in [1.165, 1.54) is 19.3 Å². The first-order valence-electron chi connectivity index (χ1n) is 10.4. The van der Waals surface area contributed by atoms with E-state index >= 15 is 0 Å². The van der Waals surface area contributed by atoms with Gasteiger partial charge in [-0.25, -0.2) is 4.79 Å². The molecule has 2 amide bonds. The smallest absolute Gasteiger partial charge is 0.412 e. The lowest BCUT2D eigenvalue weighted by atomic mass is 10.0. The predicted octanol–water partition coefficient (Wildman–Crippen LogP) is 6.00. The van der Waals surface area contributed by atoms with Crippen molar-refractivity contribution in [1.29, 1.82) is 0 Å². The largest absolute Gasteiger partial charge is 0.506 e. The van der Waals surface area contributed by atoms with Crippen molar-refractivity contribution < 1.29 is 24.2 Å². The number of hydrogen-bond donors (Lipinski definition) is 4. The quantitative estimate of drug-likeness (QED) is 0.185. The summed E-state index contributed by atoms with van der Waals surface area (Å²) >= 11 is 6.67. The fraction of sp³-hybridized carbons (Fsp3) is 0.120. The minimum atomic E-state index is -1.11. The third-order valence-electron chi connectivity index (χ3n) is 4.84. The summed E-state index contributed by atoms with van der Waals surface area (Å²) in [5.41, 5.74) is 7.54. The van der Waals surface area contributed by atoms with Crippen molar-refractivity contribution in [3.63, 3.8) is 0 Å². The van der Waals surface area contributed by atoms with Crippen molar-refractivity contribution in [2.45, 2.75) is 12.2 Å². The third-order valence-corrected chi connectivity index (χ3v) is 5.91. The first kappa shape index (κ1) is 26.3. The van der Waals surface area contributed by atoms with Crippen LogP contribution < -0.4 is 16.4 Å². The molecular formula is C25H23Br2N3O5. The van der Waals surface area contributed by atoms with Crippen LogP contribution in [0.25, 0.3) is 0 Å². The van der Waals surface area contributed by atoms with Crippen molar-refractivity contribution in [2.75, 3.05) is 23.5 Å². The zero-order chi connectivity index (χ0) is 25.4. The van der Waals surface area contributed by atoms with Gasteiger partial charge >= 0.3 is 6.09 Å². The van der Waals surface area contributed by atoms with Crippen LogP contribution >= 0.6 is 31.9 Å². The van der Waals surface area contributed by atoms with Gasteiger partial charge in [-0.15, -0.1) is 0 Å². The summed E-state index contributed by atoms with van der Waals surface area (Å²) in [5, 5.41) is 16.0. The highest BCUT2D eigenvalue weighted by Crippen LogP contribution is 2.39. The molecule has 10 heteroatoms. The Labute approximate surface area is 219 Å². The van der Waals surface area contributed by atoms with Crippen molar-refractivity contribution in [3.8, 4) is 5.75 Å². The van der Waals surface area contributed by atoms with Crippen LogP contribution in [0.3, 0.4) is 0 Å².